The average Bonchev–Trinajstić information content (AvgIpc) is 2.72. The Morgan fingerprint density at radius 1 is 0.966 bits per heavy atom. The lowest BCUT2D eigenvalue weighted by Gasteiger charge is -2.37. The van der Waals surface area contributed by atoms with E-state index in [1.165, 1.54) is 0 Å². The third-order valence-electron chi connectivity index (χ3n) is 4.95. The van der Waals surface area contributed by atoms with Crippen LogP contribution >= 0.6 is 12.4 Å². The number of benzene rings is 2. The van der Waals surface area contributed by atoms with Gasteiger partial charge in [0.2, 0.25) is 0 Å². The Morgan fingerprint density at radius 2 is 1.34 bits per heavy atom. The number of carbonyl (C=O) groups excluding carboxylic acids is 1. The highest BCUT2D eigenvalue weighted by molar-refractivity contribution is 5.93. The molecule has 0 saturated heterocycles. The number of ketones is 1. The number of carbonyl (C=O) groups is 2. The molecule has 6 heteroatoms. The molecule has 0 radical (unpaired) electrons. The van der Waals surface area contributed by atoms with Crippen molar-refractivity contribution in [2.45, 2.75) is 38.1 Å². The van der Waals surface area contributed by atoms with Crippen LogP contribution in [0.25, 0.3) is 0 Å². The van der Waals surface area contributed by atoms with E-state index >= 15 is 0 Å². The zero-order chi connectivity index (χ0) is 21.2. The molecule has 160 valence electrons. The van der Waals surface area contributed by atoms with Crippen LogP contribution in [-0.4, -0.2) is 53.6 Å². The minimum atomic E-state index is -1.19. The van der Waals surface area contributed by atoms with E-state index in [-0.39, 0.29) is 18.2 Å². The van der Waals surface area contributed by atoms with Gasteiger partial charge in [0.1, 0.15) is 12.4 Å². The Hall–Kier alpha value is -2.21. The highest BCUT2D eigenvalue weighted by atomic mass is 35.5. The van der Waals surface area contributed by atoms with Gasteiger partial charge in [-0.05, 0) is 38.6 Å². The maximum absolute atomic E-state index is 13.2. The molecule has 29 heavy (non-hydrogen) atoms. The van der Waals surface area contributed by atoms with Gasteiger partial charge < -0.3 is 15.1 Å². The van der Waals surface area contributed by atoms with Gasteiger partial charge in [-0.3, -0.25) is 4.79 Å². The molecule has 0 spiro atoms. The molecule has 2 N–H and O–H groups in total. The first-order valence-electron chi connectivity index (χ1n) is 9.43. The Morgan fingerprint density at radius 3 is 1.62 bits per heavy atom. The standard InChI is InChI=1S/C21H27NO.C2H4O3.ClH/c1-5-20(23)21(16-17(2)22(3)4,18-12-8-6-9-13-18)19-14-10-7-11-15-19;3-1-2(4)5;/h6-15,17H,5,16H2,1-4H3;3H,1H2,(H,4,5);1H. The smallest absolute Gasteiger partial charge is 0.329 e. The molecular formula is C23H32ClNO4. The molecule has 2 rings (SSSR count). The lowest BCUT2D eigenvalue weighted by molar-refractivity contribution is -0.140. The van der Waals surface area contributed by atoms with Gasteiger partial charge in [0.15, 0.2) is 0 Å². The summed E-state index contributed by atoms with van der Waals surface area (Å²) < 4.78 is 0. The minimum Gasteiger partial charge on any atom is -0.480 e. The normalized spacial score (nSPS) is 11.7. The highest BCUT2D eigenvalue weighted by Gasteiger charge is 2.41. The number of aliphatic hydroxyl groups is 1. The summed E-state index contributed by atoms with van der Waals surface area (Å²) in [7, 11) is 4.14. The van der Waals surface area contributed by atoms with Gasteiger partial charge in [0, 0.05) is 12.5 Å². The summed E-state index contributed by atoms with van der Waals surface area (Å²) in [6.07, 6.45) is 1.31. The first-order valence-corrected chi connectivity index (χ1v) is 9.43. The Kier molecular flexibility index (Phi) is 12.1. The highest BCUT2D eigenvalue weighted by Crippen LogP contribution is 2.39. The van der Waals surface area contributed by atoms with Crippen molar-refractivity contribution in [2.24, 2.45) is 0 Å². The second-order valence-corrected chi connectivity index (χ2v) is 6.98. The molecule has 0 aliphatic rings. The topological polar surface area (TPSA) is 77.8 Å². The van der Waals surface area contributed by atoms with Crippen molar-refractivity contribution in [3.8, 4) is 0 Å². The molecule has 1 atom stereocenters. The van der Waals surface area contributed by atoms with Crippen molar-refractivity contribution < 1.29 is 19.8 Å². The minimum absolute atomic E-state index is 0. The molecule has 0 amide bonds. The molecule has 5 nitrogen and oxygen atoms in total. The Labute approximate surface area is 179 Å². The number of Topliss-reactive ketones (excluding diaryl/α,β-unsaturated/α-hetero) is 1. The first kappa shape index (κ1) is 26.8. The van der Waals surface area contributed by atoms with Gasteiger partial charge in [-0.25, -0.2) is 4.79 Å². The summed E-state index contributed by atoms with van der Waals surface area (Å²) in [5.41, 5.74) is 1.60. The van der Waals surface area contributed by atoms with E-state index in [0.717, 1.165) is 17.5 Å². The number of nitrogens with zero attached hydrogens (tertiary/aromatic N) is 1. The molecule has 0 saturated carbocycles. The van der Waals surface area contributed by atoms with Crippen LogP contribution in [0.4, 0.5) is 0 Å². The molecule has 0 bridgehead atoms. The van der Waals surface area contributed by atoms with Crippen LogP contribution in [0.2, 0.25) is 0 Å². The van der Waals surface area contributed by atoms with E-state index in [2.05, 4.69) is 50.2 Å². The molecular weight excluding hydrogens is 390 g/mol. The molecule has 1 unspecified atom stereocenters. The van der Waals surface area contributed by atoms with E-state index in [1.54, 1.807) is 0 Å². The summed E-state index contributed by atoms with van der Waals surface area (Å²) in [5, 5.41) is 15.0. The zero-order valence-corrected chi connectivity index (χ0v) is 18.4. The van der Waals surface area contributed by atoms with Gasteiger partial charge in [-0.1, -0.05) is 67.6 Å². The SMILES string of the molecule is CCC(=O)C(CC(C)N(C)C)(c1ccccc1)c1ccccc1.Cl.O=C(O)CO. The summed E-state index contributed by atoms with van der Waals surface area (Å²) in [5.74, 6) is -0.909. The van der Waals surface area contributed by atoms with Crippen LogP contribution in [0, 0.1) is 0 Å². The Bertz CT molecular complexity index is 696. The monoisotopic (exact) mass is 421 g/mol. The number of halogens is 1. The van der Waals surface area contributed by atoms with Crippen molar-refractivity contribution in [2.75, 3.05) is 20.7 Å². The molecule has 0 fully saturated rings. The van der Waals surface area contributed by atoms with Crippen molar-refractivity contribution in [3.05, 3.63) is 71.8 Å². The van der Waals surface area contributed by atoms with Gasteiger partial charge >= 0.3 is 5.97 Å². The average molecular weight is 422 g/mol. The molecule has 0 heterocycles. The number of hydrogen-bond donors (Lipinski definition) is 2. The van der Waals surface area contributed by atoms with Crippen molar-refractivity contribution in [1.29, 1.82) is 0 Å². The van der Waals surface area contributed by atoms with Crippen LogP contribution in [0.15, 0.2) is 60.7 Å². The number of rotatable bonds is 8. The number of carboxylic acids is 1. The summed E-state index contributed by atoms with van der Waals surface area (Å²) >= 11 is 0. The largest absolute Gasteiger partial charge is 0.480 e. The van der Waals surface area contributed by atoms with Crippen LogP contribution in [0.3, 0.4) is 0 Å². The van der Waals surface area contributed by atoms with E-state index in [4.69, 9.17) is 15.0 Å². The van der Waals surface area contributed by atoms with Crippen molar-refractivity contribution in [3.63, 3.8) is 0 Å². The zero-order valence-electron chi connectivity index (χ0n) is 17.5. The fourth-order valence-corrected chi connectivity index (χ4v) is 3.21. The predicted octanol–water partition coefficient (Wildman–Crippen LogP) is 3.78. The maximum Gasteiger partial charge on any atom is 0.329 e. The van der Waals surface area contributed by atoms with Crippen LogP contribution in [0.5, 0.6) is 0 Å². The van der Waals surface area contributed by atoms with Crippen molar-refractivity contribution >= 4 is 24.2 Å². The molecule has 2 aromatic carbocycles. The van der Waals surface area contributed by atoms with Crippen LogP contribution in [-0.2, 0) is 15.0 Å². The summed E-state index contributed by atoms with van der Waals surface area (Å²) in [6, 6.07) is 20.7. The first-order chi connectivity index (χ1) is 13.3. The van der Waals surface area contributed by atoms with Gasteiger partial charge in [0.05, 0.1) is 5.41 Å². The fraction of sp³-hybridized carbons (Fsp3) is 0.391. The number of hydrogen-bond acceptors (Lipinski definition) is 4. The quantitative estimate of drug-likeness (QED) is 0.678. The van der Waals surface area contributed by atoms with Gasteiger partial charge in [-0.2, -0.15) is 0 Å². The number of aliphatic hydroxyl groups excluding tert-OH is 1. The van der Waals surface area contributed by atoms with Crippen molar-refractivity contribution in [1.82, 2.24) is 4.90 Å². The van der Waals surface area contributed by atoms with E-state index in [9.17, 15) is 4.79 Å². The maximum atomic E-state index is 13.2. The van der Waals surface area contributed by atoms with E-state index in [1.807, 2.05) is 43.3 Å². The molecule has 0 aliphatic heterocycles. The number of aliphatic carboxylic acids is 1. The van der Waals surface area contributed by atoms with Gasteiger partial charge in [0.25, 0.3) is 0 Å². The predicted molar refractivity (Wildman–Crippen MR) is 119 cm³/mol. The number of carboxylic acid groups (broad SMARTS) is 1. The second-order valence-electron chi connectivity index (χ2n) is 6.98. The van der Waals surface area contributed by atoms with E-state index < -0.39 is 18.0 Å². The lowest BCUT2D eigenvalue weighted by Crippen LogP contribution is -2.42. The molecule has 0 aliphatic carbocycles. The fourth-order valence-electron chi connectivity index (χ4n) is 3.21. The summed E-state index contributed by atoms with van der Waals surface area (Å²) in [4.78, 5) is 24.5. The van der Waals surface area contributed by atoms with Crippen LogP contribution < -0.4 is 0 Å². The van der Waals surface area contributed by atoms with Gasteiger partial charge in [-0.15, -0.1) is 12.4 Å². The van der Waals surface area contributed by atoms with E-state index in [0.29, 0.717) is 12.5 Å². The Balaban J connectivity index is 0.00000117. The summed E-state index contributed by atoms with van der Waals surface area (Å²) in [6.45, 7) is 3.37. The third kappa shape index (κ3) is 7.28. The molecule has 0 aromatic heterocycles. The lowest BCUT2D eigenvalue weighted by atomic mass is 9.67. The van der Waals surface area contributed by atoms with Crippen LogP contribution in [0.1, 0.15) is 37.8 Å². The second kappa shape index (κ2) is 13.1. The molecule has 2 aromatic rings. The third-order valence-corrected chi connectivity index (χ3v) is 4.95.